The molecule has 0 radical (unpaired) electrons. The zero-order valence-electron chi connectivity index (χ0n) is 11.8. The minimum Gasteiger partial charge on any atom is -0.383 e. The van der Waals surface area contributed by atoms with Crippen LogP contribution in [0, 0.1) is 0 Å². The van der Waals surface area contributed by atoms with Gasteiger partial charge >= 0.3 is 0 Å². The second-order valence-corrected chi connectivity index (χ2v) is 7.24. The highest BCUT2D eigenvalue weighted by atomic mass is 32.2. The van der Waals surface area contributed by atoms with E-state index in [1.54, 1.807) is 6.20 Å². The molecule has 0 unspecified atom stereocenters. The van der Waals surface area contributed by atoms with Crippen molar-refractivity contribution < 1.29 is 8.42 Å². The van der Waals surface area contributed by atoms with E-state index in [9.17, 15) is 8.42 Å². The van der Waals surface area contributed by atoms with Crippen LogP contribution in [-0.2, 0) is 10.0 Å². The van der Waals surface area contributed by atoms with Gasteiger partial charge in [-0.05, 0) is 26.0 Å². The fourth-order valence-electron chi connectivity index (χ4n) is 2.10. The molecule has 0 spiro atoms. The van der Waals surface area contributed by atoms with Crippen molar-refractivity contribution in [1.29, 1.82) is 0 Å². The highest BCUT2D eigenvalue weighted by Crippen LogP contribution is 2.21. The Morgan fingerprint density at radius 2 is 1.90 bits per heavy atom. The third kappa shape index (κ3) is 3.91. The van der Waals surface area contributed by atoms with Crippen LogP contribution in [0.25, 0.3) is 10.9 Å². The van der Waals surface area contributed by atoms with Crippen LogP contribution in [0.5, 0.6) is 0 Å². The van der Waals surface area contributed by atoms with E-state index in [4.69, 9.17) is 0 Å². The van der Waals surface area contributed by atoms with E-state index in [0.717, 1.165) is 22.8 Å². The standard InChI is InChI=1S/C14H19N3O2S/c1-14(2,17-20(3,18)19)10-16-13-8-9-15-12-7-5-4-6-11(12)13/h4-9,17H,10H2,1-3H3,(H,15,16). The number of pyridine rings is 1. The zero-order chi connectivity index (χ0) is 14.8. The first-order valence-electron chi connectivity index (χ1n) is 6.33. The summed E-state index contributed by atoms with van der Waals surface area (Å²) in [7, 11) is -3.23. The van der Waals surface area contributed by atoms with Gasteiger partial charge in [-0.25, -0.2) is 13.1 Å². The molecule has 0 aliphatic heterocycles. The van der Waals surface area contributed by atoms with Crippen molar-refractivity contribution in [2.45, 2.75) is 19.4 Å². The van der Waals surface area contributed by atoms with Crippen LogP contribution >= 0.6 is 0 Å². The molecule has 108 valence electrons. The van der Waals surface area contributed by atoms with E-state index in [-0.39, 0.29) is 0 Å². The largest absolute Gasteiger partial charge is 0.383 e. The molecule has 2 N–H and O–H groups in total. The third-order valence-electron chi connectivity index (χ3n) is 2.83. The summed E-state index contributed by atoms with van der Waals surface area (Å²) in [5.41, 5.74) is 1.28. The SMILES string of the molecule is CC(C)(CNc1ccnc2ccccc12)NS(C)(=O)=O. The third-order valence-corrected chi connectivity index (χ3v) is 3.75. The number of nitrogens with zero attached hydrogens (tertiary/aromatic N) is 1. The van der Waals surface area contributed by atoms with Crippen molar-refractivity contribution in [3.63, 3.8) is 0 Å². The molecular formula is C14H19N3O2S. The predicted octanol–water partition coefficient (Wildman–Crippen LogP) is 1.97. The van der Waals surface area contributed by atoms with E-state index >= 15 is 0 Å². The lowest BCUT2D eigenvalue weighted by Crippen LogP contribution is -2.47. The molecule has 0 aliphatic rings. The Morgan fingerprint density at radius 1 is 1.20 bits per heavy atom. The number of hydrogen-bond acceptors (Lipinski definition) is 4. The molecule has 1 aromatic carbocycles. The molecule has 20 heavy (non-hydrogen) atoms. The molecule has 0 aliphatic carbocycles. The number of anilines is 1. The van der Waals surface area contributed by atoms with E-state index < -0.39 is 15.6 Å². The van der Waals surface area contributed by atoms with Crippen LogP contribution in [0.3, 0.4) is 0 Å². The van der Waals surface area contributed by atoms with E-state index in [0.29, 0.717) is 6.54 Å². The number of benzene rings is 1. The second-order valence-electron chi connectivity index (χ2n) is 5.49. The van der Waals surface area contributed by atoms with Gasteiger partial charge in [-0.15, -0.1) is 0 Å². The Bertz CT molecular complexity index is 706. The smallest absolute Gasteiger partial charge is 0.209 e. The van der Waals surface area contributed by atoms with E-state index in [2.05, 4.69) is 15.0 Å². The molecular weight excluding hydrogens is 274 g/mol. The first-order chi connectivity index (χ1) is 9.27. The molecule has 5 nitrogen and oxygen atoms in total. The number of fused-ring (bicyclic) bond motifs is 1. The maximum absolute atomic E-state index is 11.3. The van der Waals surface area contributed by atoms with Crippen molar-refractivity contribution in [2.24, 2.45) is 0 Å². The number of nitrogens with one attached hydrogen (secondary N) is 2. The zero-order valence-corrected chi connectivity index (χ0v) is 12.7. The van der Waals surface area contributed by atoms with Crippen LogP contribution in [0.4, 0.5) is 5.69 Å². The van der Waals surface area contributed by atoms with Gasteiger partial charge in [-0.2, -0.15) is 0 Å². The first-order valence-corrected chi connectivity index (χ1v) is 8.23. The topological polar surface area (TPSA) is 71.1 Å². The summed E-state index contributed by atoms with van der Waals surface area (Å²) >= 11 is 0. The minimum atomic E-state index is -3.23. The summed E-state index contributed by atoms with van der Waals surface area (Å²) in [5.74, 6) is 0. The highest BCUT2D eigenvalue weighted by Gasteiger charge is 2.21. The number of aromatic nitrogens is 1. The molecule has 0 saturated carbocycles. The lowest BCUT2D eigenvalue weighted by Gasteiger charge is -2.26. The maximum atomic E-state index is 11.3. The molecule has 1 aromatic heterocycles. The first kappa shape index (κ1) is 14.7. The molecule has 0 fully saturated rings. The van der Waals surface area contributed by atoms with Crippen molar-refractivity contribution in [3.05, 3.63) is 36.5 Å². The van der Waals surface area contributed by atoms with Gasteiger partial charge in [0, 0.05) is 29.4 Å². The number of hydrogen-bond donors (Lipinski definition) is 2. The summed E-state index contributed by atoms with van der Waals surface area (Å²) in [5, 5.41) is 4.30. The lowest BCUT2D eigenvalue weighted by atomic mass is 10.1. The van der Waals surface area contributed by atoms with Gasteiger partial charge in [0.15, 0.2) is 0 Å². The Kier molecular flexibility index (Phi) is 3.96. The van der Waals surface area contributed by atoms with Gasteiger partial charge < -0.3 is 5.32 Å². The van der Waals surface area contributed by atoms with Gasteiger partial charge in [-0.3, -0.25) is 4.98 Å². The normalized spacial score (nSPS) is 12.6. The molecule has 1 heterocycles. The molecule has 0 amide bonds. The quantitative estimate of drug-likeness (QED) is 0.884. The van der Waals surface area contributed by atoms with Gasteiger partial charge in [0.25, 0.3) is 0 Å². The monoisotopic (exact) mass is 293 g/mol. The Labute approximate surface area is 119 Å². The summed E-state index contributed by atoms with van der Waals surface area (Å²) in [6.45, 7) is 4.16. The fraction of sp³-hybridized carbons (Fsp3) is 0.357. The summed E-state index contributed by atoms with van der Waals surface area (Å²) in [6, 6.07) is 9.71. The van der Waals surface area contributed by atoms with Gasteiger partial charge in [0.1, 0.15) is 0 Å². The van der Waals surface area contributed by atoms with Crippen LogP contribution in [0.15, 0.2) is 36.5 Å². The molecule has 2 aromatic rings. The Balaban J connectivity index is 2.17. The van der Waals surface area contributed by atoms with Crippen molar-refractivity contribution in [3.8, 4) is 0 Å². The Morgan fingerprint density at radius 3 is 2.60 bits per heavy atom. The number of para-hydroxylation sites is 1. The maximum Gasteiger partial charge on any atom is 0.209 e. The Hall–Kier alpha value is -1.66. The molecule has 0 bridgehead atoms. The average molecular weight is 293 g/mol. The molecule has 6 heteroatoms. The van der Waals surface area contributed by atoms with Gasteiger partial charge in [-0.1, -0.05) is 18.2 Å². The molecule has 0 saturated heterocycles. The van der Waals surface area contributed by atoms with Crippen LogP contribution in [-0.4, -0.2) is 31.7 Å². The molecule has 2 rings (SSSR count). The van der Waals surface area contributed by atoms with Crippen LogP contribution in [0.2, 0.25) is 0 Å². The van der Waals surface area contributed by atoms with Crippen molar-refractivity contribution in [1.82, 2.24) is 9.71 Å². The number of rotatable bonds is 5. The van der Waals surface area contributed by atoms with Crippen molar-refractivity contribution >= 4 is 26.6 Å². The lowest BCUT2D eigenvalue weighted by molar-refractivity contribution is 0.476. The summed E-state index contributed by atoms with van der Waals surface area (Å²) in [4.78, 5) is 4.29. The second kappa shape index (κ2) is 5.38. The summed E-state index contributed by atoms with van der Waals surface area (Å²) in [6.07, 6.45) is 2.90. The summed E-state index contributed by atoms with van der Waals surface area (Å²) < 4.78 is 25.3. The van der Waals surface area contributed by atoms with Gasteiger partial charge in [0.2, 0.25) is 10.0 Å². The highest BCUT2D eigenvalue weighted by molar-refractivity contribution is 7.88. The van der Waals surface area contributed by atoms with Gasteiger partial charge in [0.05, 0.1) is 11.8 Å². The van der Waals surface area contributed by atoms with Crippen LogP contribution in [0.1, 0.15) is 13.8 Å². The van der Waals surface area contributed by atoms with E-state index in [1.165, 1.54) is 0 Å². The molecule has 0 atom stereocenters. The average Bonchev–Trinajstić information content (AvgIpc) is 2.33. The number of sulfonamides is 1. The van der Waals surface area contributed by atoms with Crippen molar-refractivity contribution in [2.75, 3.05) is 18.1 Å². The van der Waals surface area contributed by atoms with Crippen LogP contribution < -0.4 is 10.0 Å². The predicted molar refractivity (Wildman–Crippen MR) is 82.3 cm³/mol. The fourth-order valence-corrected chi connectivity index (χ4v) is 3.18. The van der Waals surface area contributed by atoms with E-state index in [1.807, 2.05) is 44.2 Å². The minimum absolute atomic E-state index is 0.480.